The van der Waals surface area contributed by atoms with Gasteiger partial charge in [0.15, 0.2) is 11.3 Å². The molecule has 0 aliphatic rings. The van der Waals surface area contributed by atoms with Crippen LogP contribution in [0.15, 0.2) is 81.6 Å². The zero-order chi connectivity index (χ0) is 23.8. The molecule has 0 unspecified atom stereocenters. The SMILES string of the molecule is O=C(Nc1ccc2oc(-c3cc(I)ccc3Cl)nc2c1)c1ccc(-c2cccc([N+](=O)[O-])c2)o1. The number of carbonyl (C=O) groups excluding carboxylic acids is 1. The second kappa shape index (κ2) is 8.92. The zero-order valence-electron chi connectivity index (χ0n) is 17.1. The first-order valence-electron chi connectivity index (χ1n) is 9.89. The molecule has 5 rings (SSSR count). The maximum Gasteiger partial charge on any atom is 0.291 e. The highest BCUT2D eigenvalue weighted by atomic mass is 127. The van der Waals surface area contributed by atoms with E-state index in [0.717, 1.165) is 3.57 Å². The van der Waals surface area contributed by atoms with Crippen molar-refractivity contribution in [2.45, 2.75) is 0 Å². The molecule has 0 fully saturated rings. The number of oxazole rings is 1. The van der Waals surface area contributed by atoms with Gasteiger partial charge in [0.05, 0.1) is 15.5 Å². The standard InChI is InChI=1S/C24H13ClIN3O5/c25-18-6-4-14(26)11-17(18)24-28-19-12-15(5-7-21(19)34-24)27-23(30)22-9-8-20(33-22)13-2-1-3-16(10-13)29(31)32/h1-12H,(H,27,30). The Balaban J connectivity index is 1.37. The summed E-state index contributed by atoms with van der Waals surface area (Å²) in [4.78, 5) is 27.7. The van der Waals surface area contributed by atoms with Gasteiger partial charge < -0.3 is 14.2 Å². The number of amides is 1. The summed E-state index contributed by atoms with van der Waals surface area (Å²) in [7, 11) is 0. The summed E-state index contributed by atoms with van der Waals surface area (Å²) in [6.07, 6.45) is 0. The maximum absolute atomic E-state index is 12.7. The molecule has 2 aromatic heterocycles. The number of rotatable bonds is 5. The number of nitro groups is 1. The van der Waals surface area contributed by atoms with Crippen LogP contribution >= 0.6 is 34.2 Å². The number of hydrogen-bond acceptors (Lipinski definition) is 6. The van der Waals surface area contributed by atoms with E-state index in [1.807, 2.05) is 12.1 Å². The van der Waals surface area contributed by atoms with Crippen molar-refractivity contribution in [3.05, 3.63) is 97.3 Å². The van der Waals surface area contributed by atoms with Gasteiger partial charge in [-0.1, -0.05) is 23.7 Å². The van der Waals surface area contributed by atoms with Crippen LogP contribution in [0.1, 0.15) is 10.6 Å². The minimum absolute atomic E-state index is 0.0630. The van der Waals surface area contributed by atoms with Crippen LogP contribution in [0.2, 0.25) is 5.02 Å². The van der Waals surface area contributed by atoms with Crippen LogP contribution in [0.5, 0.6) is 0 Å². The summed E-state index contributed by atoms with van der Waals surface area (Å²) in [5.74, 6) is 0.322. The molecule has 0 saturated heterocycles. The molecular weight excluding hydrogens is 573 g/mol. The molecule has 3 aromatic carbocycles. The van der Waals surface area contributed by atoms with E-state index in [0.29, 0.717) is 44.6 Å². The Morgan fingerprint density at radius 2 is 1.88 bits per heavy atom. The van der Waals surface area contributed by atoms with Gasteiger partial charge in [-0.3, -0.25) is 14.9 Å². The third-order valence-corrected chi connectivity index (χ3v) is 5.98. The smallest absolute Gasteiger partial charge is 0.291 e. The van der Waals surface area contributed by atoms with Gasteiger partial charge in [-0.2, -0.15) is 0 Å². The van der Waals surface area contributed by atoms with Crippen molar-refractivity contribution in [3.8, 4) is 22.8 Å². The van der Waals surface area contributed by atoms with E-state index in [2.05, 4.69) is 32.9 Å². The minimum atomic E-state index is -0.488. The lowest BCUT2D eigenvalue weighted by atomic mass is 10.1. The van der Waals surface area contributed by atoms with Crippen molar-refractivity contribution in [3.63, 3.8) is 0 Å². The van der Waals surface area contributed by atoms with Gasteiger partial charge >= 0.3 is 0 Å². The van der Waals surface area contributed by atoms with Crippen LogP contribution in [-0.2, 0) is 0 Å². The first-order valence-corrected chi connectivity index (χ1v) is 11.3. The molecule has 0 radical (unpaired) electrons. The number of nitrogens with one attached hydrogen (secondary N) is 1. The Labute approximate surface area is 210 Å². The van der Waals surface area contributed by atoms with Crippen LogP contribution in [0, 0.1) is 13.7 Å². The number of hydrogen-bond donors (Lipinski definition) is 1. The summed E-state index contributed by atoms with van der Waals surface area (Å²) in [5, 5.41) is 14.3. The summed E-state index contributed by atoms with van der Waals surface area (Å²) >= 11 is 8.48. The maximum atomic E-state index is 12.7. The Morgan fingerprint density at radius 1 is 1.03 bits per heavy atom. The number of halogens is 2. The number of aromatic nitrogens is 1. The lowest BCUT2D eigenvalue weighted by Gasteiger charge is -2.02. The molecule has 0 atom stereocenters. The number of nitro benzene ring substituents is 1. The Morgan fingerprint density at radius 3 is 2.71 bits per heavy atom. The predicted molar refractivity (Wildman–Crippen MR) is 136 cm³/mol. The molecule has 34 heavy (non-hydrogen) atoms. The number of nitrogens with zero attached hydrogens (tertiary/aromatic N) is 2. The zero-order valence-corrected chi connectivity index (χ0v) is 20.0. The molecular formula is C24H13ClIN3O5. The number of anilines is 1. The highest BCUT2D eigenvalue weighted by molar-refractivity contribution is 14.1. The number of benzene rings is 3. The van der Waals surface area contributed by atoms with Crippen LogP contribution in [0.3, 0.4) is 0 Å². The Kier molecular flexibility index (Phi) is 5.80. The quantitative estimate of drug-likeness (QED) is 0.133. The van der Waals surface area contributed by atoms with E-state index >= 15 is 0 Å². The molecule has 5 aromatic rings. The highest BCUT2D eigenvalue weighted by Gasteiger charge is 2.16. The van der Waals surface area contributed by atoms with Gasteiger partial charge in [-0.05, 0) is 71.1 Å². The first kappa shape index (κ1) is 22.1. The largest absolute Gasteiger partial charge is 0.451 e. The normalized spacial score (nSPS) is 11.0. The molecule has 0 aliphatic heterocycles. The third kappa shape index (κ3) is 4.39. The van der Waals surface area contributed by atoms with Crippen LogP contribution in [-0.4, -0.2) is 15.8 Å². The topological polar surface area (TPSA) is 111 Å². The number of carbonyl (C=O) groups is 1. The summed E-state index contributed by atoms with van der Waals surface area (Å²) in [6, 6.07) is 19.7. The molecule has 168 valence electrons. The monoisotopic (exact) mass is 585 g/mol. The number of furan rings is 1. The molecule has 1 N–H and O–H groups in total. The first-order chi connectivity index (χ1) is 16.4. The van der Waals surface area contributed by atoms with Crippen molar-refractivity contribution in [1.82, 2.24) is 4.98 Å². The van der Waals surface area contributed by atoms with Gasteiger partial charge in [0.1, 0.15) is 11.3 Å². The molecule has 1 amide bonds. The van der Waals surface area contributed by atoms with Crippen LogP contribution < -0.4 is 5.32 Å². The second-order valence-corrected chi connectivity index (χ2v) is 8.90. The fourth-order valence-corrected chi connectivity index (χ4v) is 4.05. The van der Waals surface area contributed by atoms with Crippen molar-refractivity contribution in [2.75, 3.05) is 5.32 Å². The van der Waals surface area contributed by atoms with E-state index in [9.17, 15) is 14.9 Å². The average molecular weight is 586 g/mol. The fraction of sp³-hybridized carbons (Fsp3) is 0. The average Bonchev–Trinajstić information content (AvgIpc) is 3.48. The molecule has 10 heteroatoms. The van der Waals surface area contributed by atoms with Crippen molar-refractivity contribution in [2.24, 2.45) is 0 Å². The van der Waals surface area contributed by atoms with E-state index in [1.165, 1.54) is 18.2 Å². The van der Waals surface area contributed by atoms with Gasteiger partial charge in [-0.25, -0.2) is 4.98 Å². The molecule has 8 nitrogen and oxygen atoms in total. The van der Waals surface area contributed by atoms with Crippen LogP contribution in [0.25, 0.3) is 33.9 Å². The fourth-order valence-electron chi connectivity index (χ4n) is 3.36. The predicted octanol–water partition coefficient (Wildman–Crippen LogP) is 7.17. The lowest BCUT2D eigenvalue weighted by Crippen LogP contribution is -2.10. The van der Waals surface area contributed by atoms with E-state index < -0.39 is 10.8 Å². The molecule has 0 bridgehead atoms. The molecule has 2 heterocycles. The highest BCUT2D eigenvalue weighted by Crippen LogP contribution is 2.32. The van der Waals surface area contributed by atoms with Gasteiger partial charge in [0, 0.05) is 27.0 Å². The third-order valence-electron chi connectivity index (χ3n) is 4.98. The van der Waals surface area contributed by atoms with Crippen molar-refractivity contribution >= 4 is 62.6 Å². The number of non-ortho nitro benzene ring substituents is 1. The molecule has 0 saturated carbocycles. The van der Waals surface area contributed by atoms with Crippen molar-refractivity contribution in [1.29, 1.82) is 0 Å². The molecule has 0 aliphatic carbocycles. The number of fused-ring (bicyclic) bond motifs is 1. The minimum Gasteiger partial charge on any atom is -0.451 e. The van der Waals surface area contributed by atoms with Gasteiger partial charge in [-0.15, -0.1) is 0 Å². The van der Waals surface area contributed by atoms with E-state index in [-0.39, 0.29) is 11.4 Å². The van der Waals surface area contributed by atoms with Gasteiger partial charge in [0.2, 0.25) is 5.89 Å². The van der Waals surface area contributed by atoms with Crippen molar-refractivity contribution < 1.29 is 18.6 Å². The van der Waals surface area contributed by atoms with E-state index in [1.54, 1.807) is 42.5 Å². The van der Waals surface area contributed by atoms with Crippen LogP contribution in [0.4, 0.5) is 11.4 Å². The lowest BCUT2D eigenvalue weighted by molar-refractivity contribution is -0.384. The Bertz CT molecular complexity index is 1580. The summed E-state index contributed by atoms with van der Waals surface area (Å²) < 4.78 is 12.5. The Hall–Kier alpha value is -3.70. The molecule has 0 spiro atoms. The second-order valence-electron chi connectivity index (χ2n) is 7.25. The summed E-state index contributed by atoms with van der Waals surface area (Å²) in [5.41, 5.74) is 2.72. The van der Waals surface area contributed by atoms with Gasteiger partial charge in [0.25, 0.3) is 11.6 Å². The summed E-state index contributed by atoms with van der Waals surface area (Å²) in [6.45, 7) is 0. The van der Waals surface area contributed by atoms with E-state index in [4.69, 9.17) is 20.4 Å².